The number of rotatable bonds is 1. The van der Waals surface area contributed by atoms with Crippen LogP contribution in [0.25, 0.3) is 0 Å². The SMILES string of the molecule is Cc1ncc2c(n1)COC21CN(C(=O)c2ncccc2F)C1. The number of hydrogen-bond donors (Lipinski definition) is 0. The van der Waals surface area contributed by atoms with Crippen LogP contribution in [0.1, 0.15) is 27.6 Å². The molecule has 0 saturated carbocycles. The van der Waals surface area contributed by atoms with Crippen molar-refractivity contribution in [3.63, 3.8) is 0 Å². The van der Waals surface area contributed by atoms with Gasteiger partial charge in [0.15, 0.2) is 11.5 Å². The number of fused-ring (bicyclic) bond motifs is 2. The summed E-state index contributed by atoms with van der Waals surface area (Å²) in [5.41, 5.74) is 1.08. The highest BCUT2D eigenvalue weighted by molar-refractivity contribution is 5.93. The fourth-order valence-corrected chi connectivity index (χ4v) is 2.96. The van der Waals surface area contributed by atoms with E-state index in [9.17, 15) is 9.18 Å². The van der Waals surface area contributed by atoms with E-state index in [0.29, 0.717) is 25.5 Å². The van der Waals surface area contributed by atoms with Gasteiger partial charge in [0, 0.05) is 18.0 Å². The van der Waals surface area contributed by atoms with Crippen molar-refractivity contribution < 1.29 is 13.9 Å². The standard InChI is InChI=1S/C15H13FN4O2/c1-9-18-5-10-12(19-9)6-22-15(10)7-20(8-15)14(21)13-11(16)3-2-4-17-13/h2-5H,6-8H2,1H3. The van der Waals surface area contributed by atoms with Crippen LogP contribution >= 0.6 is 0 Å². The highest BCUT2D eigenvalue weighted by Crippen LogP contribution is 2.42. The second-order valence-electron chi connectivity index (χ2n) is 5.56. The monoisotopic (exact) mass is 300 g/mol. The summed E-state index contributed by atoms with van der Waals surface area (Å²) in [7, 11) is 0. The predicted molar refractivity (Wildman–Crippen MR) is 73.3 cm³/mol. The number of carbonyl (C=O) groups is 1. The molecule has 2 aromatic rings. The van der Waals surface area contributed by atoms with Crippen molar-refractivity contribution in [1.82, 2.24) is 19.9 Å². The average molecular weight is 300 g/mol. The van der Waals surface area contributed by atoms with Gasteiger partial charge in [-0.05, 0) is 19.1 Å². The molecular formula is C15H13FN4O2. The fourth-order valence-electron chi connectivity index (χ4n) is 2.96. The summed E-state index contributed by atoms with van der Waals surface area (Å²) >= 11 is 0. The molecule has 2 aliphatic rings. The van der Waals surface area contributed by atoms with E-state index in [1.165, 1.54) is 23.2 Å². The van der Waals surface area contributed by atoms with Crippen molar-refractivity contribution >= 4 is 5.91 Å². The molecular weight excluding hydrogens is 287 g/mol. The molecule has 112 valence electrons. The van der Waals surface area contributed by atoms with Crippen LogP contribution in [0.2, 0.25) is 0 Å². The molecule has 0 radical (unpaired) electrons. The Balaban J connectivity index is 1.56. The third kappa shape index (κ3) is 1.82. The van der Waals surface area contributed by atoms with E-state index >= 15 is 0 Å². The Bertz CT molecular complexity index is 774. The van der Waals surface area contributed by atoms with E-state index in [1.807, 2.05) is 6.92 Å². The summed E-state index contributed by atoms with van der Waals surface area (Å²) in [6.45, 7) is 2.97. The van der Waals surface area contributed by atoms with Crippen LogP contribution < -0.4 is 0 Å². The molecule has 1 fully saturated rings. The minimum atomic E-state index is -0.611. The van der Waals surface area contributed by atoms with Crippen LogP contribution in [0.4, 0.5) is 4.39 Å². The zero-order valence-corrected chi connectivity index (χ0v) is 11.9. The van der Waals surface area contributed by atoms with Gasteiger partial charge in [-0.25, -0.2) is 19.3 Å². The van der Waals surface area contributed by atoms with Crippen LogP contribution in [0, 0.1) is 12.7 Å². The Labute approximate surface area is 126 Å². The third-order valence-electron chi connectivity index (χ3n) is 4.10. The van der Waals surface area contributed by atoms with Crippen molar-refractivity contribution in [3.8, 4) is 0 Å². The van der Waals surface area contributed by atoms with Gasteiger partial charge in [0.1, 0.15) is 11.4 Å². The van der Waals surface area contributed by atoms with Crippen molar-refractivity contribution in [3.05, 3.63) is 53.1 Å². The Morgan fingerprint density at radius 1 is 1.41 bits per heavy atom. The lowest BCUT2D eigenvalue weighted by Crippen LogP contribution is -2.61. The molecule has 4 heterocycles. The molecule has 1 amide bonds. The summed E-state index contributed by atoms with van der Waals surface area (Å²) in [5, 5.41) is 0. The molecule has 22 heavy (non-hydrogen) atoms. The zero-order chi connectivity index (χ0) is 15.3. The van der Waals surface area contributed by atoms with Gasteiger partial charge in [-0.3, -0.25) is 4.79 Å². The van der Waals surface area contributed by atoms with E-state index < -0.39 is 17.3 Å². The number of pyridine rings is 1. The topological polar surface area (TPSA) is 68.2 Å². The molecule has 0 atom stereocenters. The molecule has 6 nitrogen and oxygen atoms in total. The lowest BCUT2D eigenvalue weighted by Gasteiger charge is -2.46. The lowest BCUT2D eigenvalue weighted by molar-refractivity contribution is -0.126. The van der Waals surface area contributed by atoms with Gasteiger partial charge in [-0.2, -0.15) is 0 Å². The first kappa shape index (κ1) is 13.3. The molecule has 0 aromatic carbocycles. The first-order valence-electron chi connectivity index (χ1n) is 6.96. The first-order valence-corrected chi connectivity index (χ1v) is 6.96. The van der Waals surface area contributed by atoms with E-state index in [4.69, 9.17) is 4.74 Å². The van der Waals surface area contributed by atoms with E-state index in [1.54, 1.807) is 6.20 Å². The molecule has 0 unspecified atom stereocenters. The Morgan fingerprint density at radius 2 is 2.23 bits per heavy atom. The summed E-state index contributed by atoms with van der Waals surface area (Å²) < 4.78 is 19.5. The summed E-state index contributed by atoms with van der Waals surface area (Å²) in [4.78, 5) is 26.2. The lowest BCUT2D eigenvalue weighted by atomic mass is 9.87. The highest BCUT2D eigenvalue weighted by atomic mass is 19.1. The fraction of sp³-hybridized carbons (Fsp3) is 0.333. The summed E-state index contributed by atoms with van der Waals surface area (Å²) in [6.07, 6.45) is 3.16. The van der Waals surface area contributed by atoms with Gasteiger partial charge in [0.05, 0.1) is 25.4 Å². The van der Waals surface area contributed by atoms with Crippen LogP contribution in [0.3, 0.4) is 0 Å². The maximum absolute atomic E-state index is 13.7. The Morgan fingerprint density at radius 3 is 3.00 bits per heavy atom. The number of carbonyl (C=O) groups excluding carboxylic acids is 1. The number of nitrogens with zero attached hydrogens (tertiary/aromatic N) is 4. The zero-order valence-electron chi connectivity index (χ0n) is 11.9. The number of likely N-dealkylation sites (tertiary alicyclic amines) is 1. The van der Waals surface area contributed by atoms with Gasteiger partial charge < -0.3 is 9.64 Å². The Kier molecular flexibility index (Phi) is 2.74. The Hall–Kier alpha value is -2.41. The van der Waals surface area contributed by atoms with Crippen molar-refractivity contribution in [2.24, 2.45) is 0 Å². The molecule has 0 aliphatic carbocycles. The number of ether oxygens (including phenoxy) is 1. The third-order valence-corrected chi connectivity index (χ3v) is 4.10. The largest absolute Gasteiger partial charge is 0.360 e. The normalized spacial score (nSPS) is 18.2. The molecule has 4 rings (SSSR count). The van der Waals surface area contributed by atoms with Gasteiger partial charge >= 0.3 is 0 Å². The van der Waals surface area contributed by atoms with Gasteiger partial charge in [0.25, 0.3) is 5.91 Å². The minimum absolute atomic E-state index is 0.157. The minimum Gasteiger partial charge on any atom is -0.360 e. The highest BCUT2D eigenvalue weighted by Gasteiger charge is 2.53. The predicted octanol–water partition coefficient (Wildman–Crippen LogP) is 1.20. The second kappa shape index (κ2) is 4.54. The average Bonchev–Trinajstić information content (AvgIpc) is 2.84. The molecule has 1 saturated heterocycles. The second-order valence-corrected chi connectivity index (χ2v) is 5.56. The molecule has 2 aromatic heterocycles. The van der Waals surface area contributed by atoms with Crippen LogP contribution in [0.15, 0.2) is 24.5 Å². The van der Waals surface area contributed by atoms with Gasteiger partial charge in [-0.1, -0.05) is 0 Å². The number of aromatic nitrogens is 3. The molecule has 1 spiro atoms. The molecule has 7 heteroatoms. The maximum atomic E-state index is 13.7. The van der Waals surface area contributed by atoms with Crippen LogP contribution in [-0.4, -0.2) is 38.8 Å². The van der Waals surface area contributed by atoms with Crippen molar-refractivity contribution in [2.75, 3.05) is 13.1 Å². The molecule has 2 aliphatic heterocycles. The molecule has 0 bridgehead atoms. The summed E-state index contributed by atoms with van der Waals surface area (Å²) in [5.74, 6) is -0.337. The first-order chi connectivity index (χ1) is 10.6. The maximum Gasteiger partial charge on any atom is 0.275 e. The van der Waals surface area contributed by atoms with Crippen LogP contribution in [-0.2, 0) is 16.9 Å². The van der Waals surface area contributed by atoms with Crippen LogP contribution in [0.5, 0.6) is 0 Å². The van der Waals surface area contributed by atoms with E-state index in [2.05, 4.69) is 15.0 Å². The van der Waals surface area contributed by atoms with Gasteiger partial charge in [0.2, 0.25) is 0 Å². The molecule has 0 N–H and O–H groups in total. The van der Waals surface area contributed by atoms with Gasteiger partial charge in [-0.15, -0.1) is 0 Å². The number of aryl methyl sites for hydroxylation is 1. The number of hydrogen-bond acceptors (Lipinski definition) is 5. The van der Waals surface area contributed by atoms with Crippen molar-refractivity contribution in [1.29, 1.82) is 0 Å². The smallest absolute Gasteiger partial charge is 0.275 e. The summed E-state index contributed by atoms with van der Waals surface area (Å²) in [6, 6.07) is 2.69. The van der Waals surface area contributed by atoms with E-state index in [-0.39, 0.29) is 5.69 Å². The van der Waals surface area contributed by atoms with E-state index in [0.717, 1.165) is 11.3 Å². The van der Waals surface area contributed by atoms with Crippen molar-refractivity contribution in [2.45, 2.75) is 19.1 Å². The number of halogens is 1. The number of amides is 1. The quantitative estimate of drug-likeness (QED) is 0.791.